The van der Waals surface area contributed by atoms with Gasteiger partial charge < -0.3 is 5.32 Å². The molecule has 1 N–H and O–H groups in total. The first-order valence-corrected chi connectivity index (χ1v) is 9.25. The molecule has 0 radical (unpaired) electrons. The van der Waals surface area contributed by atoms with Crippen LogP contribution < -0.4 is 5.32 Å². The van der Waals surface area contributed by atoms with Gasteiger partial charge in [0, 0.05) is 55.7 Å². The van der Waals surface area contributed by atoms with Gasteiger partial charge >= 0.3 is 0 Å². The summed E-state index contributed by atoms with van der Waals surface area (Å²) < 4.78 is 4.21. The number of aryl methyl sites for hydroxylation is 1. The Morgan fingerprint density at radius 2 is 2.08 bits per heavy atom. The van der Waals surface area contributed by atoms with Crippen LogP contribution in [0.25, 0.3) is 22.0 Å². The van der Waals surface area contributed by atoms with Gasteiger partial charge in [0.15, 0.2) is 0 Å². The zero-order valence-corrected chi connectivity index (χ0v) is 15.9. The summed E-state index contributed by atoms with van der Waals surface area (Å²) in [7, 11) is 6.29. The lowest BCUT2D eigenvalue weighted by Crippen LogP contribution is -2.38. The summed E-state index contributed by atoms with van der Waals surface area (Å²) in [6.45, 7) is 5.04. The lowest BCUT2D eigenvalue weighted by Gasteiger charge is -2.35. The number of nitrogens with zero attached hydrogens (tertiary/aromatic N) is 4. The molecule has 0 bridgehead atoms. The smallest absolute Gasteiger partial charge is 0.130 e. The fourth-order valence-electron chi connectivity index (χ4n) is 3.57. The van der Waals surface area contributed by atoms with Gasteiger partial charge in [-0.3, -0.25) is 14.3 Å². The number of benzene rings is 1. The summed E-state index contributed by atoms with van der Waals surface area (Å²) in [5, 5.41) is 5.71. The molecule has 3 aromatic rings. The van der Waals surface area contributed by atoms with E-state index >= 15 is 0 Å². The van der Waals surface area contributed by atoms with Crippen molar-refractivity contribution in [3.63, 3.8) is 0 Å². The SMILES string of the molecule is C=C(CN(C)C1CCC1)Nc1cc2cc(-c3cn(C)n3C)ccc2cn1. The van der Waals surface area contributed by atoms with E-state index in [1.54, 1.807) is 0 Å². The molecular weight excluding hydrogens is 322 g/mol. The number of anilines is 1. The van der Waals surface area contributed by atoms with Crippen LogP contribution in [0.4, 0.5) is 5.82 Å². The molecule has 2 aromatic heterocycles. The van der Waals surface area contributed by atoms with Crippen molar-refractivity contribution in [2.75, 3.05) is 18.9 Å². The van der Waals surface area contributed by atoms with Crippen LogP contribution in [0, 0.1) is 0 Å². The van der Waals surface area contributed by atoms with Crippen LogP contribution in [0.15, 0.2) is 48.9 Å². The van der Waals surface area contributed by atoms with E-state index in [-0.39, 0.29) is 0 Å². The molecule has 0 unspecified atom stereocenters. The highest BCUT2D eigenvalue weighted by atomic mass is 15.4. The highest BCUT2D eigenvalue weighted by Crippen LogP contribution is 2.27. The van der Waals surface area contributed by atoms with Gasteiger partial charge in [0.05, 0.1) is 5.69 Å². The number of pyridine rings is 1. The predicted octanol–water partition coefficient (Wildman–Crippen LogP) is 3.99. The van der Waals surface area contributed by atoms with E-state index in [2.05, 4.69) is 75.7 Å². The molecule has 1 aromatic carbocycles. The molecule has 1 aliphatic rings. The summed E-state index contributed by atoms with van der Waals surface area (Å²) >= 11 is 0. The third-order valence-corrected chi connectivity index (χ3v) is 5.59. The summed E-state index contributed by atoms with van der Waals surface area (Å²) in [6.07, 6.45) is 8.03. The molecule has 1 fully saturated rings. The molecule has 0 spiro atoms. The number of fused-ring (bicyclic) bond motifs is 1. The minimum absolute atomic E-state index is 0.714. The molecule has 5 nitrogen and oxygen atoms in total. The zero-order chi connectivity index (χ0) is 18.3. The fraction of sp³-hybridized carbons (Fsp3) is 0.381. The average molecular weight is 349 g/mol. The Kier molecular flexibility index (Phi) is 4.32. The standard InChI is InChI=1S/C21H27N5/c1-15(13-24(2)19-6-5-7-19)23-21-11-18-10-16(8-9-17(18)12-22-21)20-14-25(3)26(20)4/h8-12,14,19H,1,5-7,13H2,2-4H3,(H,22,23). The summed E-state index contributed by atoms with van der Waals surface area (Å²) in [5.74, 6) is 0.856. The molecule has 0 amide bonds. The van der Waals surface area contributed by atoms with Gasteiger partial charge in [-0.25, -0.2) is 4.98 Å². The number of hydrogen-bond acceptors (Lipinski definition) is 3. The quantitative estimate of drug-likeness (QED) is 0.731. The van der Waals surface area contributed by atoms with E-state index in [0.717, 1.165) is 23.4 Å². The summed E-state index contributed by atoms with van der Waals surface area (Å²) in [6, 6.07) is 9.33. The number of hydrogen-bond donors (Lipinski definition) is 1. The second-order valence-corrected chi connectivity index (χ2v) is 7.47. The number of rotatable bonds is 6. The number of aromatic nitrogens is 3. The van der Waals surface area contributed by atoms with Gasteiger partial charge in [-0.1, -0.05) is 25.1 Å². The van der Waals surface area contributed by atoms with Crippen molar-refractivity contribution in [3.05, 3.63) is 48.9 Å². The van der Waals surface area contributed by atoms with Gasteiger partial charge in [0.2, 0.25) is 0 Å². The molecule has 5 heteroatoms. The Hall–Kier alpha value is -2.53. The molecule has 1 saturated carbocycles. The zero-order valence-electron chi connectivity index (χ0n) is 15.9. The molecule has 0 saturated heterocycles. The van der Waals surface area contributed by atoms with Gasteiger partial charge in [-0.05, 0) is 37.4 Å². The highest BCUT2D eigenvalue weighted by molar-refractivity contribution is 5.88. The second-order valence-electron chi connectivity index (χ2n) is 7.47. The maximum absolute atomic E-state index is 4.55. The Bertz CT molecular complexity index is 945. The summed E-state index contributed by atoms with van der Waals surface area (Å²) in [5.41, 5.74) is 3.44. The van der Waals surface area contributed by atoms with Crippen molar-refractivity contribution in [2.24, 2.45) is 14.1 Å². The molecular formula is C21H27N5. The first-order valence-electron chi connectivity index (χ1n) is 9.25. The molecule has 1 aliphatic carbocycles. The van der Waals surface area contributed by atoms with Crippen LogP contribution in [0.3, 0.4) is 0 Å². The van der Waals surface area contributed by atoms with Crippen LogP contribution in [-0.4, -0.2) is 38.9 Å². The van der Waals surface area contributed by atoms with Crippen molar-refractivity contribution in [1.82, 2.24) is 19.2 Å². The molecule has 2 heterocycles. The van der Waals surface area contributed by atoms with E-state index < -0.39 is 0 Å². The van der Waals surface area contributed by atoms with Crippen LogP contribution in [-0.2, 0) is 14.1 Å². The fourth-order valence-corrected chi connectivity index (χ4v) is 3.57. The van der Waals surface area contributed by atoms with Crippen molar-refractivity contribution >= 4 is 16.6 Å². The topological polar surface area (TPSA) is 38.0 Å². The maximum Gasteiger partial charge on any atom is 0.130 e. The van der Waals surface area contributed by atoms with Crippen molar-refractivity contribution in [2.45, 2.75) is 25.3 Å². The molecule has 136 valence electrons. The minimum Gasteiger partial charge on any atom is -0.343 e. The Morgan fingerprint density at radius 1 is 1.27 bits per heavy atom. The van der Waals surface area contributed by atoms with E-state index in [1.165, 1.54) is 35.9 Å². The largest absolute Gasteiger partial charge is 0.343 e. The predicted molar refractivity (Wildman–Crippen MR) is 108 cm³/mol. The number of nitrogens with one attached hydrogen (secondary N) is 1. The third kappa shape index (κ3) is 3.15. The van der Waals surface area contributed by atoms with Crippen LogP contribution >= 0.6 is 0 Å². The minimum atomic E-state index is 0.714. The first kappa shape index (κ1) is 16.9. The van der Waals surface area contributed by atoms with Crippen molar-refractivity contribution < 1.29 is 0 Å². The Balaban J connectivity index is 1.51. The molecule has 4 rings (SSSR count). The second kappa shape index (κ2) is 6.65. The van der Waals surface area contributed by atoms with Crippen LogP contribution in [0.1, 0.15) is 19.3 Å². The van der Waals surface area contributed by atoms with E-state index in [4.69, 9.17) is 0 Å². The number of likely N-dealkylation sites (N-methyl/N-ethyl adjacent to an activating group) is 1. The van der Waals surface area contributed by atoms with E-state index in [1.807, 2.05) is 13.2 Å². The van der Waals surface area contributed by atoms with Gasteiger partial charge in [0.25, 0.3) is 0 Å². The monoisotopic (exact) mass is 349 g/mol. The molecule has 0 atom stereocenters. The lowest BCUT2D eigenvalue weighted by atomic mass is 9.92. The average Bonchev–Trinajstić information content (AvgIpc) is 2.56. The first-order chi connectivity index (χ1) is 12.5. The summed E-state index contributed by atoms with van der Waals surface area (Å²) in [4.78, 5) is 6.93. The third-order valence-electron chi connectivity index (χ3n) is 5.59. The van der Waals surface area contributed by atoms with Gasteiger partial charge in [-0.15, -0.1) is 0 Å². The van der Waals surface area contributed by atoms with Crippen LogP contribution in [0.2, 0.25) is 0 Å². The van der Waals surface area contributed by atoms with E-state index in [9.17, 15) is 0 Å². The molecule has 26 heavy (non-hydrogen) atoms. The van der Waals surface area contributed by atoms with Crippen LogP contribution in [0.5, 0.6) is 0 Å². The van der Waals surface area contributed by atoms with Crippen molar-refractivity contribution in [3.8, 4) is 11.3 Å². The van der Waals surface area contributed by atoms with Crippen molar-refractivity contribution in [1.29, 1.82) is 0 Å². The van der Waals surface area contributed by atoms with Gasteiger partial charge in [-0.2, -0.15) is 0 Å². The Morgan fingerprint density at radius 3 is 2.73 bits per heavy atom. The highest BCUT2D eigenvalue weighted by Gasteiger charge is 2.22. The normalized spacial score (nSPS) is 14.8. The Labute approximate surface area is 154 Å². The molecule has 0 aliphatic heterocycles. The van der Waals surface area contributed by atoms with Gasteiger partial charge in [0.1, 0.15) is 5.82 Å². The van der Waals surface area contributed by atoms with E-state index in [0.29, 0.717) is 6.04 Å². The maximum atomic E-state index is 4.55. The lowest BCUT2D eigenvalue weighted by molar-refractivity contribution is 0.172.